The summed E-state index contributed by atoms with van der Waals surface area (Å²) in [5, 5.41) is 9.17. The smallest absolute Gasteiger partial charge is 0.0684 e. The van der Waals surface area contributed by atoms with Crippen molar-refractivity contribution in [2.75, 3.05) is 0 Å². The molecule has 1 aromatic rings. The Balaban J connectivity index is 2.50. The van der Waals surface area contributed by atoms with Gasteiger partial charge >= 0.3 is 0 Å². The standard InChI is InChI=1S/C12H13O/c1-2-9-4-3-5-11(8-13)12(9)10-6-7-10/h3-5,10,13H,1,6-8H2. The summed E-state index contributed by atoms with van der Waals surface area (Å²) in [7, 11) is 0. The Kier molecular flexibility index (Phi) is 2.19. The lowest BCUT2D eigenvalue weighted by atomic mass is 9.97. The second kappa shape index (κ2) is 3.35. The first-order valence-corrected chi connectivity index (χ1v) is 4.62. The first-order chi connectivity index (χ1) is 6.36. The largest absolute Gasteiger partial charge is 0.392 e. The molecule has 1 N–H and O–H groups in total. The molecule has 0 aromatic heterocycles. The Hall–Kier alpha value is -1.08. The van der Waals surface area contributed by atoms with Gasteiger partial charge in [-0.2, -0.15) is 0 Å². The van der Waals surface area contributed by atoms with E-state index in [-0.39, 0.29) is 6.61 Å². The Bertz CT molecular complexity index is 324. The first kappa shape index (κ1) is 8.52. The van der Waals surface area contributed by atoms with E-state index in [1.807, 2.05) is 18.2 Å². The lowest BCUT2D eigenvalue weighted by Crippen LogP contribution is -1.95. The van der Waals surface area contributed by atoms with Crippen molar-refractivity contribution in [3.63, 3.8) is 0 Å². The topological polar surface area (TPSA) is 20.2 Å². The van der Waals surface area contributed by atoms with Gasteiger partial charge in [-0.1, -0.05) is 24.8 Å². The van der Waals surface area contributed by atoms with Gasteiger partial charge in [-0.15, -0.1) is 0 Å². The molecular weight excluding hydrogens is 160 g/mol. The number of hydrogen-bond donors (Lipinski definition) is 1. The summed E-state index contributed by atoms with van der Waals surface area (Å²) < 4.78 is 0. The maximum atomic E-state index is 9.17. The van der Waals surface area contributed by atoms with Crippen molar-refractivity contribution >= 4 is 0 Å². The van der Waals surface area contributed by atoms with Gasteiger partial charge in [0.1, 0.15) is 0 Å². The van der Waals surface area contributed by atoms with Crippen molar-refractivity contribution in [1.29, 1.82) is 0 Å². The van der Waals surface area contributed by atoms with Gasteiger partial charge in [-0.25, -0.2) is 0 Å². The highest BCUT2D eigenvalue weighted by molar-refractivity contribution is 5.42. The summed E-state index contributed by atoms with van der Waals surface area (Å²) in [4.78, 5) is 0. The van der Waals surface area contributed by atoms with Crippen LogP contribution in [0.3, 0.4) is 0 Å². The minimum Gasteiger partial charge on any atom is -0.392 e. The molecule has 67 valence electrons. The van der Waals surface area contributed by atoms with Crippen LogP contribution >= 0.6 is 0 Å². The number of aliphatic hydroxyl groups is 1. The SMILES string of the molecule is C=[C]c1cccc(CO)c1C1CC1. The molecule has 1 fully saturated rings. The lowest BCUT2D eigenvalue weighted by molar-refractivity contribution is 0.280. The molecule has 0 spiro atoms. The van der Waals surface area contributed by atoms with E-state index in [1.165, 1.54) is 18.4 Å². The van der Waals surface area contributed by atoms with Crippen molar-refractivity contribution in [1.82, 2.24) is 0 Å². The molecule has 0 aliphatic heterocycles. The highest BCUT2D eigenvalue weighted by atomic mass is 16.3. The van der Waals surface area contributed by atoms with Gasteiger partial charge in [0.25, 0.3) is 0 Å². The van der Waals surface area contributed by atoms with E-state index in [2.05, 4.69) is 12.7 Å². The minimum absolute atomic E-state index is 0.126. The molecule has 0 unspecified atom stereocenters. The molecule has 0 heterocycles. The monoisotopic (exact) mass is 173 g/mol. The third-order valence-electron chi connectivity index (χ3n) is 2.54. The molecule has 0 saturated heterocycles. The molecule has 0 bridgehead atoms. The van der Waals surface area contributed by atoms with Crippen LogP contribution in [0.4, 0.5) is 0 Å². The highest BCUT2D eigenvalue weighted by Gasteiger charge is 2.27. The predicted octanol–water partition coefficient (Wildman–Crippen LogP) is 2.39. The second-order valence-electron chi connectivity index (χ2n) is 3.49. The van der Waals surface area contributed by atoms with Gasteiger partial charge in [0.2, 0.25) is 0 Å². The average molecular weight is 173 g/mol. The van der Waals surface area contributed by atoms with E-state index in [0.29, 0.717) is 5.92 Å². The summed E-state index contributed by atoms with van der Waals surface area (Å²) in [5.74, 6) is 0.646. The zero-order chi connectivity index (χ0) is 9.26. The van der Waals surface area contributed by atoms with Crippen molar-refractivity contribution in [3.8, 4) is 0 Å². The number of hydrogen-bond acceptors (Lipinski definition) is 1. The second-order valence-corrected chi connectivity index (χ2v) is 3.49. The molecule has 1 heteroatoms. The molecule has 13 heavy (non-hydrogen) atoms. The molecule has 1 saturated carbocycles. The number of rotatable bonds is 3. The van der Waals surface area contributed by atoms with Crippen LogP contribution in [0, 0.1) is 6.08 Å². The fourth-order valence-corrected chi connectivity index (χ4v) is 1.76. The summed E-state index contributed by atoms with van der Waals surface area (Å²) in [5.41, 5.74) is 3.37. The van der Waals surface area contributed by atoms with Crippen LogP contribution < -0.4 is 0 Å². The predicted molar refractivity (Wildman–Crippen MR) is 52.3 cm³/mol. The van der Waals surface area contributed by atoms with E-state index >= 15 is 0 Å². The van der Waals surface area contributed by atoms with Crippen LogP contribution in [0.2, 0.25) is 0 Å². The fraction of sp³-hybridized carbons (Fsp3) is 0.333. The molecule has 0 atom stereocenters. The van der Waals surface area contributed by atoms with Crippen LogP contribution in [-0.4, -0.2) is 5.11 Å². The third-order valence-corrected chi connectivity index (χ3v) is 2.54. The quantitative estimate of drug-likeness (QED) is 0.744. The Morgan fingerprint density at radius 3 is 2.77 bits per heavy atom. The highest BCUT2D eigenvalue weighted by Crippen LogP contribution is 2.43. The van der Waals surface area contributed by atoms with Gasteiger partial charge < -0.3 is 5.11 Å². The van der Waals surface area contributed by atoms with Gasteiger partial charge in [-0.05, 0) is 41.5 Å². The van der Waals surface area contributed by atoms with Crippen molar-refractivity contribution in [3.05, 3.63) is 47.5 Å². The van der Waals surface area contributed by atoms with E-state index in [1.54, 1.807) is 0 Å². The molecule has 1 aliphatic carbocycles. The number of aliphatic hydroxyl groups excluding tert-OH is 1. The molecule has 0 amide bonds. The lowest BCUT2D eigenvalue weighted by Gasteiger charge is -2.09. The molecular formula is C12H13O. The van der Waals surface area contributed by atoms with Gasteiger partial charge in [0, 0.05) is 0 Å². The molecule has 2 rings (SSSR count). The summed E-state index contributed by atoms with van der Waals surface area (Å²) in [6, 6.07) is 5.94. The van der Waals surface area contributed by atoms with Crippen molar-refractivity contribution in [2.24, 2.45) is 0 Å². The van der Waals surface area contributed by atoms with Gasteiger partial charge in [0.15, 0.2) is 0 Å². The zero-order valence-electron chi connectivity index (χ0n) is 7.59. The molecule has 1 nitrogen and oxygen atoms in total. The summed E-state index contributed by atoms with van der Waals surface area (Å²) >= 11 is 0. The fourth-order valence-electron chi connectivity index (χ4n) is 1.76. The van der Waals surface area contributed by atoms with Crippen molar-refractivity contribution < 1.29 is 5.11 Å². The van der Waals surface area contributed by atoms with Crippen LogP contribution in [0.5, 0.6) is 0 Å². The minimum atomic E-state index is 0.126. The summed E-state index contributed by atoms with van der Waals surface area (Å²) in [6.45, 7) is 3.80. The van der Waals surface area contributed by atoms with E-state index in [9.17, 15) is 0 Å². The first-order valence-electron chi connectivity index (χ1n) is 4.62. The maximum Gasteiger partial charge on any atom is 0.0684 e. The van der Waals surface area contributed by atoms with Crippen LogP contribution in [-0.2, 0) is 6.61 Å². The average Bonchev–Trinajstić information content (AvgIpc) is 3.00. The normalized spacial score (nSPS) is 15.8. The van der Waals surface area contributed by atoms with Crippen LogP contribution in [0.15, 0.2) is 24.8 Å². The molecule has 1 aromatic carbocycles. The molecule has 1 radical (unpaired) electrons. The Labute approximate surface area is 78.7 Å². The van der Waals surface area contributed by atoms with E-state index < -0.39 is 0 Å². The van der Waals surface area contributed by atoms with Gasteiger partial charge in [-0.3, -0.25) is 0 Å². The Morgan fingerprint density at radius 2 is 2.23 bits per heavy atom. The Morgan fingerprint density at radius 1 is 1.46 bits per heavy atom. The van der Waals surface area contributed by atoms with Crippen molar-refractivity contribution in [2.45, 2.75) is 25.4 Å². The van der Waals surface area contributed by atoms with E-state index in [0.717, 1.165) is 11.1 Å². The van der Waals surface area contributed by atoms with Crippen LogP contribution in [0.1, 0.15) is 35.4 Å². The zero-order valence-corrected chi connectivity index (χ0v) is 7.59. The summed E-state index contributed by atoms with van der Waals surface area (Å²) in [6.07, 6.45) is 5.41. The number of benzene rings is 1. The van der Waals surface area contributed by atoms with Gasteiger partial charge in [0.05, 0.1) is 6.61 Å². The third kappa shape index (κ3) is 1.52. The van der Waals surface area contributed by atoms with E-state index in [4.69, 9.17) is 5.11 Å². The maximum absolute atomic E-state index is 9.17. The van der Waals surface area contributed by atoms with Crippen LogP contribution in [0.25, 0.3) is 0 Å². The molecule has 1 aliphatic rings.